The fourth-order valence-corrected chi connectivity index (χ4v) is 5.97. The van der Waals surface area contributed by atoms with Crippen molar-refractivity contribution >= 4 is 70.5 Å². The molecule has 5 aromatic carbocycles. The van der Waals surface area contributed by atoms with Crippen LogP contribution in [-0.4, -0.2) is 0 Å². The summed E-state index contributed by atoms with van der Waals surface area (Å²) in [5.41, 5.74) is 5.24. The highest BCUT2D eigenvalue weighted by molar-refractivity contribution is 7.26. The number of hydrogen-bond donors (Lipinski definition) is 0. The van der Waals surface area contributed by atoms with Crippen molar-refractivity contribution in [2.24, 2.45) is 0 Å². The summed E-state index contributed by atoms with van der Waals surface area (Å²) in [5.74, 6) is 0. The van der Waals surface area contributed by atoms with E-state index in [0.29, 0.717) is 0 Å². The van der Waals surface area contributed by atoms with Crippen molar-refractivity contribution in [3.05, 3.63) is 115 Å². The number of fused-ring (bicyclic) bond motifs is 7. The number of thiophene rings is 1. The standard InChI is InChI=1S/C30H19NOS/c1-3-11-20(12-4-1)31(21-13-5-2-6-14-21)24-19-27-29(23-16-8-10-18-26(23)33-27)30-28(24)22-15-7-9-17-25(22)32-30/h1-19H. The molecule has 2 heterocycles. The molecule has 0 aliphatic carbocycles. The van der Waals surface area contributed by atoms with Gasteiger partial charge >= 0.3 is 0 Å². The SMILES string of the molecule is c1ccc(N(c2ccccc2)c2cc3sc4ccccc4c3c3oc4ccccc4c23)cc1. The van der Waals surface area contributed by atoms with Gasteiger partial charge in [0.25, 0.3) is 0 Å². The van der Waals surface area contributed by atoms with E-state index >= 15 is 0 Å². The molecular weight excluding hydrogens is 422 g/mol. The summed E-state index contributed by atoms with van der Waals surface area (Å²) in [5, 5.41) is 4.73. The fourth-order valence-electron chi connectivity index (χ4n) is 4.83. The smallest absolute Gasteiger partial charge is 0.146 e. The Morgan fingerprint density at radius 1 is 0.545 bits per heavy atom. The first-order valence-electron chi connectivity index (χ1n) is 11.0. The number of para-hydroxylation sites is 3. The van der Waals surface area contributed by atoms with Crippen LogP contribution in [0.15, 0.2) is 120 Å². The average Bonchev–Trinajstić information content (AvgIpc) is 3.44. The number of hydrogen-bond acceptors (Lipinski definition) is 3. The van der Waals surface area contributed by atoms with Crippen LogP contribution in [0.1, 0.15) is 0 Å². The van der Waals surface area contributed by atoms with Crippen LogP contribution in [0.25, 0.3) is 42.1 Å². The second-order valence-corrected chi connectivity index (χ2v) is 9.26. The first-order chi connectivity index (χ1) is 16.4. The van der Waals surface area contributed by atoms with Gasteiger partial charge in [-0.15, -0.1) is 11.3 Å². The number of benzene rings is 5. The highest BCUT2D eigenvalue weighted by Crippen LogP contribution is 2.49. The summed E-state index contributed by atoms with van der Waals surface area (Å²) in [6.07, 6.45) is 0. The number of nitrogens with zero attached hydrogens (tertiary/aromatic N) is 1. The maximum absolute atomic E-state index is 6.57. The van der Waals surface area contributed by atoms with Gasteiger partial charge in [-0.05, 0) is 42.5 Å². The predicted molar refractivity (Wildman–Crippen MR) is 141 cm³/mol. The van der Waals surface area contributed by atoms with E-state index in [1.54, 1.807) is 0 Å². The van der Waals surface area contributed by atoms with Crippen LogP contribution in [0, 0.1) is 0 Å². The predicted octanol–water partition coefficient (Wildman–Crippen LogP) is 9.42. The Bertz CT molecular complexity index is 1720. The minimum Gasteiger partial charge on any atom is -0.455 e. The van der Waals surface area contributed by atoms with Gasteiger partial charge in [0.1, 0.15) is 11.2 Å². The third kappa shape index (κ3) is 2.80. The topological polar surface area (TPSA) is 16.4 Å². The Morgan fingerprint density at radius 3 is 1.88 bits per heavy atom. The van der Waals surface area contributed by atoms with E-state index < -0.39 is 0 Å². The van der Waals surface area contributed by atoms with Crippen LogP contribution in [0.4, 0.5) is 17.1 Å². The lowest BCUT2D eigenvalue weighted by Crippen LogP contribution is -2.10. The molecule has 0 fully saturated rings. The van der Waals surface area contributed by atoms with E-state index in [4.69, 9.17) is 4.42 Å². The van der Waals surface area contributed by atoms with Crippen molar-refractivity contribution in [1.82, 2.24) is 0 Å². The molecule has 0 N–H and O–H groups in total. The van der Waals surface area contributed by atoms with E-state index in [9.17, 15) is 0 Å². The average molecular weight is 442 g/mol. The molecule has 0 radical (unpaired) electrons. The molecule has 0 aliphatic rings. The Labute approximate surface area is 194 Å². The minimum atomic E-state index is 0.914. The van der Waals surface area contributed by atoms with E-state index in [1.807, 2.05) is 17.4 Å². The molecule has 0 bridgehead atoms. The molecule has 3 heteroatoms. The van der Waals surface area contributed by atoms with E-state index in [0.717, 1.165) is 39.0 Å². The first kappa shape index (κ1) is 18.5. The third-order valence-electron chi connectivity index (χ3n) is 6.24. The van der Waals surface area contributed by atoms with Gasteiger partial charge in [0.15, 0.2) is 0 Å². The van der Waals surface area contributed by atoms with Crippen molar-refractivity contribution in [1.29, 1.82) is 0 Å². The first-order valence-corrected chi connectivity index (χ1v) is 11.9. The molecule has 0 atom stereocenters. The molecule has 0 amide bonds. The lowest BCUT2D eigenvalue weighted by molar-refractivity contribution is 0.673. The molecule has 2 nitrogen and oxygen atoms in total. The van der Waals surface area contributed by atoms with Gasteiger partial charge in [-0.2, -0.15) is 0 Å². The molecule has 0 unspecified atom stereocenters. The molecule has 2 aromatic heterocycles. The number of anilines is 3. The molecule has 33 heavy (non-hydrogen) atoms. The van der Waals surface area contributed by atoms with Gasteiger partial charge in [-0.3, -0.25) is 0 Å². The summed E-state index contributed by atoms with van der Waals surface area (Å²) in [6, 6.07) is 40.4. The second kappa shape index (κ2) is 7.22. The summed E-state index contributed by atoms with van der Waals surface area (Å²) in [6.45, 7) is 0. The maximum atomic E-state index is 6.57. The Balaban J connectivity index is 1.68. The fraction of sp³-hybridized carbons (Fsp3) is 0. The van der Waals surface area contributed by atoms with Crippen LogP contribution < -0.4 is 4.90 Å². The molecule has 0 saturated carbocycles. The van der Waals surface area contributed by atoms with Crippen LogP contribution in [0.3, 0.4) is 0 Å². The Morgan fingerprint density at radius 2 is 1.15 bits per heavy atom. The van der Waals surface area contributed by atoms with Gasteiger partial charge in [0.2, 0.25) is 0 Å². The van der Waals surface area contributed by atoms with Crippen molar-refractivity contribution in [2.45, 2.75) is 0 Å². The van der Waals surface area contributed by atoms with Crippen molar-refractivity contribution in [3.8, 4) is 0 Å². The van der Waals surface area contributed by atoms with Gasteiger partial charge in [0.05, 0.1) is 11.1 Å². The second-order valence-electron chi connectivity index (χ2n) is 8.18. The van der Waals surface area contributed by atoms with Gasteiger partial charge in [0, 0.05) is 36.9 Å². The summed E-state index contributed by atoms with van der Waals surface area (Å²) < 4.78 is 9.08. The molecule has 0 aliphatic heterocycles. The van der Waals surface area contributed by atoms with Gasteiger partial charge in [-0.1, -0.05) is 72.8 Å². The summed E-state index contributed by atoms with van der Waals surface area (Å²) >= 11 is 1.82. The molecular formula is C30H19NOS. The third-order valence-corrected chi connectivity index (χ3v) is 7.36. The zero-order valence-corrected chi connectivity index (χ0v) is 18.5. The van der Waals surface area contributed by atoms with E-state index in [-0.39, 0.29) is 0 Å². The maximum Gasteiger partial charge on any atom is 0.146 e. The van der Waals surface area contributed by atoms with Crippen molar-refractivity contribution in [3.63, 3.8) is 0 Å². The monoisotopic (exact) mass is 441 g/mol. The van der Waals surface area contributed by atoms with Crippen LogP contribution in [0.2, 0.25) is 0 Å². The Kier molecular flexibility index (Phi) is 4.05. The molecule has 0 saturated heterocycles. The number of furan rings is 1. The molecule has 156 valence electrons. The lowest BCUT2D eigenvalue weighted by Gasteiger charge is -2.26. The van der Waals surface area contributed by atoms with Crippen molar-refractivity contribution < 1.29 is 4.42 Å². The molecule has 7 aromatic rings. The zero-order chi connectivity index (χ0) is 21.8. The van der Waals surface area contributed by atoms with E-state index in [1.165, 1.54) is 20.2 Å². The largest absolute Gasteiger partial charge is 0.455 e. The molecule has 0 spiro atoms. The summed E-state index contributed by atoms with van der Waals surface area (Å²) in [7, 11) is 0. The minimum absolute atomic E-state index is 0.914. The number of rotatable bonds is 3. The summed E-state index contributed by atoms with van der Waals surface area (Å²) in [4.78, 5) is 2.34. The zero-order valence-electron chi connectivity index (χ0n) is 17.7. The van der Waals surface area contributed by atoms with Crippen LogP contribution in [-0.2, 0) is 0 Å². The van der Waals surface area contributed by atoms with Crippen LogP contribution in [0.5, 0.6) is 0 Å². The molecule has 7 rings (SSSR count). The highest BCUT2D eigenvalue weighted by Gasteiger charge is 2.23. The Hall–Kier alpha value is -4.08. The van der Waals surface area contributed by atoms with Crippen molar-refractivity contribution in [2.75, 3.05) is 4.90 Å². The highest BCUT2D eigenvalue weighted by atomic mass is 32.1. The normalized spacial score (nSPS) is 11.6. The van der Waals surface area contributed by atoms with Gasteiger partial charge < -0.3 is 9.32 Å². The quantitative estimate of drug-likeness (QED) is 0.271. The van der Waals surface area contributed by atoms with E-state index in [2.05, 4.69) is 114 Å². The lowest BCUT2D eigenvalue weighted by atomic mass is 10.0. The van der Waals surface area contributed by atoms with Crippen LogP contribution >= 0.6 is 11.3 Å². The van der Waals surface area contributed by atoms with Gasteiger partial charge in [-0.25, -0.2) is 0 Å².